The van der Waals surface area contributed by atoms with Crippen LogP contribution in [0.2, 0.25) is 0 Å². The van der Waals surface area contributed by atoms with Gasteiger partial charge in [-0.15, -0.1) is 0 Å². The number of H-pyrrole nitrogens is 1. The summed E-state index contributed by atoms with van der Waals surface area (Å²) in [6.07, 6.45) is -3.00. The summed E-state index contributed by atoms with van der Waals surface area (Å²) in [6.45, 7) is 1.05. The summed E-state index contributed by atoms with van der Waals surface area (Å²) >= 11 is 0. The van der Waals surface area contributed by atoms with Gasteiger partial charge in [-0.05, 0) is 19.1 Å². The highest BCUT2D eigenvalue weighted by atomic mass is 19.4. The van der Waals surface area contributed by atoms with Gasteiger partial charge in [0, 0.05) is 19.2 Å². The molecule has 0 aromatic carbocycles. The molecule has 0 radical (unpaired) electrons. The summed E-state index contributed by atoms with van der Waals surface area (Å²) in [6, 6.07) is 1.67. The van der Waals surface area contributed by atoms with Crippen molar-refractivity contribution in [1.29, 1.82) is 0 Å². The average Bonchev–Trinajstić information content (AvgIpc) is 3.09. The fourth-order valence-corrected chi connectivity index (χ4v) is 1.91. The Kier molecular flexibility index (Phi) is 4.64. The van der Waals surface area contributed by atoms with Crippen LogP contribution < -0.4 is 10.6 Å². The first-order chi connectivity index (χ1) is 10.7. The number of aliphatic hydroxyl groups is 1. The molecule has 2 heterocycles. The minimum absolute atomic E-state index is 0.244. The number of aryl methyl sites for hydroxylation is 1. The lowest BCUT2D eigenvalue weighted by molar-refractivity contribution is -0.274. The van der Waals surface area contributed by atoms with E-state index in [0.29, 0.717) is 5.69 Å². The van der Waals surface area contributed by atoms with Crippen LogP contribution in [-0.2, 0) is 5.60 Å². The number of amides is 2. The van der Waals surface area contributed by atoms with Crippen molar-refractivity contribution >= 4 is 11.7 Å². The number of urea groups is 1. The van der Waals surface area contributed by atoms with Gasteiger partial charge in [0.05, 0.1) is 11.9 Å². The number of nitrogens with one attached hydrogen (secondary N) is 3. The van der Waals surface area contributed by atoms with Crippen molar-refractivity contribution in [1.82, 2.24) is 15.5 Å². The molecule has 0 aliphatic heterocycles. The molecule has 0 fully saturated rings. The van der Waals surface area contributed by atoms with E-state index < -0.39 is 36.5 Å². The number of rotatable bonds is 5. The summed E-state index contributed by atoms with van der Waals surface area (Å²) in [7, 11) is 0. The lowest BCUT2D eigenvalue weighted by atomic mass is 9.96. The van der Waals surface area contributed by atoms with Gasteiger partial charge in [-0.1, -0.05) is 0 Å². The maximum absolute atomic E-state index is 13.2. The number of nitrogens with zero attached hydrogens (tertiary/aromatic N) is 1. The van der Waals surface area contributed by atoms with Gasteiger partial charge in [0.25, 0.3) is 0 Å². The van der Waals surface area contributed by atoms with Crippen LogP contribution >= 0.6 is 0 Å². The molecule has 1 atom stereocenters. The fraction of sp³-hybridized carbons (Fsp3) is 0.385. The predicted molar refractivity (Wildman–Crippen MR) is 73.6 cm³/mol. The van der Waals surface area contributed by atoms with E-state index in [1.54, 1.807) is 0 Å². The normalized spacial score (nSPS) is 14.3. The molecule has 2 aromatic rings. The molecule has 23 heavy (non-hydrogen) atoms. The third kappa shape index (κ3) is 3.83. The van der Waals surface area contributed by atoms with Crippen molar-refractivity contribution in [2.75, 3.05) is 11.9 Å². The van der Waals surface area contributed by atoms with Gasteiger partial charge in [0.15, 0.2) is 0 Å². The largest absolute Gasteiger partial charge is 0.463 e. The van der Waals surface area contributed by atoms with Gasteiger partial charge in [-0.25, -0.2) is 4.79 Å². The molecule has 0 aliphatic carbocycles. The maximum atomic E-state index is 13.2. The van der Waals surface area contributed by atoms with Crippen LogP contribution in [0.25, 0.3) is 0 Å². The molecule has 0 bridgehead atoms. The van der Waals surface area contributed by atoms with Crippen molar-refractivity contribution in [2.45, 2.75) is 25.1 Å². The SMILES string of the molecule is Cc1ccc([C@](O)(CCNC(=O)Nc2cn[nH]c2)C(F)(F)F)o1. The molecule has 2 aromatic heterocycles. The first kappa shape index (κ1) is 16.9. The van der Waals surface area contributed by atoms with Crippen LogP contribution in [0.3, 0.4) is 0 Å². The van der Waals surface area contributed by atoms with Gasteiger partial charge >= 0.3 is 12.2 Å². The zero-order valence-corrected chi connectivity index (χ0v) is 12.1. The molecule has 2 amide bonds. The number of hydrogen-bond donors (Lipinski definition) is 4. The third-order valence-electron chi connectivity index (χ3n) is 3.15. The Bertz CT molecular complexity index is 654. The van der Waals surface area contributed by atoms with E-state index in [9.17, 15) is 23.1 Å². The number of carbonyl (C=O) groups excluding carboxylic acids is 1. The van der Waals surface area contributed by atoms with E-state index in [0.717, 1.165) is 6.07 Å². The number of alkyl halides is 3. The zero-order valence-electron chi connectivity index (χ0n) is 12.1. The molecule has 2 rings (SSSR count). The van der Waals surface area contributed by atoms with Gasteiger partial charge in [0.1, 0.15) is 11.5 Å². The fourth-order valence-electron chi connectivity index (χ4n) is 1.91. The Morgan fingerprint density at radius 3 is 2.70 bits per heavy atom. The van der Waals surface area contributed by atoms with Crippen LogP contribution in [0, 0.1) is 6.92 Å². The summed E-state index contributed by atoms with van der Waals surface area (Å²) in [5, 5.41) is 20.7. The van der Waals surface area contributed by atoms with Crippen LogP contribution in [0.4, 0.5) is 23.7 Å². The first-order valence-electron chi connectivity index (χ1n) is 6.62. The number of aromatic nitrogens is 2. The topological polar surface area (TPSA) is 103 Å². The van der Waals surface area contributed by atoms with Gasteiger partial charge in [-0.3, -0.25) is 5.10 Å². The Hall–Kier alpha value is -2.49. The molecule has 0 aliphatic rings. The molecule has 0 saturated heterocycles. The summed E-state index contributed by atoms with van der Waals surface area (Å²) < 4.78 is 44.4. The van der Waals surface area contributed by atoms with Crippen molar-refractivity contribution in [2.24, 2.45) is 0 Å². The van der Waals surface area contributed by atoms with Crippen LogP contribution in [0.15, 0.2) is 28.9 Å². The molecule has 0 unspecified atom stereocenters. The van der Waals surface area contributed by atoms with Crippen LogP contribution in [-0.4, -0.2) is 34.1 Å². The van der Waals surface area contributed by atoms with Crippen molar-refractivity contribution in [3.63, 3.8) is 0 Å². The predicted octanol–water partition coefficient (Wildman–Crippen LogP) is 2.27. The van der Waals surface area contributed by atoms with Gasteiger partial charge in [-0.2, -0.15) is 18.3 Å². The van der Waals surface area contributed by atoms with E-state index in [-0.39, 0.29) is 5.76 Å². The van der Waals surface area contributed by atoms with Crippen molar-refractivity contribution in [3.8, 4) is 0 Å². The van der Waals surface area contributed by atoms with E-state index in [1.807, 2.05) is 0 Å². The molecule has 0 saturated carbocycles. The number of aromatic amines is 1. The third-order valence-corrected chi connectivity index (χ3v) is 3.15. The molecule has 7 nitrogen and oxygen atoms in total. The minimum atomic E-state index is -4.94. The number of hydrogen-bond acceptors (Lipinski definition) is 4. The lowest BCUT2D eigenvalue weighted by Crippen LogP contribution is -2.45. The standard InChI is InChI=1S/C13H15F3N4O3/c1-8-2-3-10(23-8)12(22,13(14,15)16)4-5-17-11(21)20-9-6-18-19-7-9/h2-3,6-7,22H,4-5H2,1H3,(H,18,19)(H2,17,20,21)/t12-/m1/s1. The Morgan fingerprint density at radius 1 is 1.43 bits per heavy atom. The average molecular weight is 332 g/mol. The second-order valence-electron chi connectivity index (χ2n) is 4.89. The molecule has 126 valence electrons. The van der Waals surface area contributed by atoms with Gasteiger partial charge in [0.2, 0.25) is 5.60 Å². The quantitative estimate of drug-likeness (QED) is 0.674. The monoisotopic (exact) mass is 332 g/mol. The van der Waals surface area contributed by atoms with E-state index in [1.165, 1.54) is 25.4 Å². The first-order valence-corrected chi connectivity index (χ1v) is 6.62. The smallest absolute Gasteiger partial charge is 0.424 e. The second-order valence-corrected chi connectivity index (χ2v) is 4.89. The summed E-state index contributed by atoms with van der Waals surface area (Å²) in [4.78, 5) is 11.5. The number of furan rings is 1. The molecule has 10 heteroatoms. The van der Waals surface area contributed by atoms with Crippen LogP contribution in [0.1, 0.15) is 17.9 Å². The molecule has 0 spiro atoms. The highest BCUT2D eigenvalue weighted by Gasteiger charge is 2.56. The zero-order chi connectivity index (χ0) is 17.1. The Morgan fingerprint density at radius 2 is 2.17 bits per heavy atom. The number of anilines is 1. The highest BCUT2D eigenvalue weighted by molar-refractivity contribution is 5.88. The van der Waals surface area contributed by atoms with Gasteiger partial charge < -0.3 is 20.2 Å². The minimum Gasteiger partial charge on any atom is -0.463 e. The van der Waals surface area contributed by atoms with Crippen molar-refractivity contribution < 1.29 is 27.5 Å². The number of carbonyl (C=O) groups is 1. The molecule has 4 N–H and O–H groups in total. The summed E-state index contributed by atoms with van der Waals surface area (Å²) in [5.41, 5.74) is -2.82. The molecular weight excluding hydrogens is 317 g/mol. The van der Waals surface area contributed by atoms with E-state index >= 15 is 0 Å². The highest BCUT2D eigenvalue weighted by Crippen LogP contribution is 2.41. The van der Waals surface area contributed by atoms with Crippen LogP contribution in [0.5, 0.6) is 0 Å². The van der Waals surface area contributed by atoms with E-state index in [4.69, 9.17) is 4.42 Å². The van der Waals surface area contributed by atoms with E-state index in [2.05, 4.69) is 20.8 Å². The molecular formula is C13H15F3N4O3. The van der Waals surface area contributed by atoms with Crippen molar-refractivity contribution in [3.05, 3.63) is 36.0 Å². The summed E-state index contributed by atoms with van der Waals surface area (Å²) in [5.74, 6) is -0.368. The second kappa shape index (κ2) is 6.32. The number of halogens is 3. The lowest BCUT2D eigenvalue weighted by Gasteiger charge is -2.28. The Balaban J connectivity index is 1.98. The Labute approximate surface area is 128 Å². The maximum Gasteiger partial charge on any atom is 0.424 e.